The number of carbonyl (C=O) groups is 1. The summed E-state index contributed by atoms with van der Waals surface area (Å²) in [6.45, 7) is 12.1. The number of rotatable bonds is 3. The second-order valence-corrected chi connectivity index (χ2v) is 7.79. The third-order valence-corrected chi connectivity index (χ3v) is 4.32. The summed E-state index contributed by atoms with van der Waals surface area (Å²) in [6.07, 6.45) is 1.61. The number of amides is 1. The molecule has 0 bridgehead atoms. The molecular weight excluding hydrogens is 304 g/mol. The van der Waals surface area contributed by atoms with Gasteiger partial charge in [-0.25, -0.2) is 4.79 Å². The number of nitrogens with one attached hydrogen (secondary N) is 1. The van der Waals surface area contributed by atoms with Gasteiger partial charge in [-0.05, 0) is 71.2 Å². The third kappa shape index (κ3) is 5.41. The van der Waals surface area contributed by atoms with Crippen LogP contribution in [0.3, 0.4) is 0 Å². The van der Waals surface area contributed by atoms with Crippen LogP contribution in [0.1, 0.15) is 50.3 Å². The zero-order valence-electron chi connectivity index (χ0n) is 15.5. The van der Waals surface area contributed by atoms with Crippen molar-refractivity contribution in [2.24, 2.45) is 0 Å². The maximum absolute atomic E-state index is 11.9. The van der Waals surface area contributed by atoms with Crippen molar-refractivity contribution in [3.8, 4) is 5.75 Å². The maximum atomic E-state index is 11.9. The molecule has 1 aromatic rings. The molecule has 0 aromatic heterocycles. The van der Waals surface area contributed by atoms with Crippen molar-refractivity contribution in [1.29, 1.82) is 0 Å². The lowest BCUT2D eigenvalue weighted by Gasteiger charge is -2.33. The lowest BCUT2D eigenvalue weighted by atomic mass is 10.0. The number of aryl methyl sites for hydroxylation is 2. The summed E-state index contributed by atoms with van der Waals surface area (Å²) in [5.41, 5.74) is 2.74. The fourth-order valence-electron chi connectivity index (χ4n) is 3.02. The molecule has 0 radical (unpaired) electrons. The normalized spacial score (nSPS) is 19.1. The van der Waals surface area contributed by atoms with Crippen molar-refractivity contribution < 1.29 is 14.6 Å². The molecule has 1 aromatic carbocycles. The molecule has 1 saturated heterocycles. The molecule has 0 aliphatic carbocycles. The quantitative estimate of drug-likeness (QED) is 0.888. The van der Waals surface area contributed by atoms with Crippen molar-refractivity contribution in [2.75, 3.05) is 13.1 Å². The number of carbonyl (C=O) groups excluding carboxylic acids is 1. The molecule has 1 aliphatic rings. The molecule has 2 rings (SSSR count). The fourth-order valence-corrected chi connectivity index (χ4v) is 3.02. The van der Waals surface area contributed by atoms with E-state index in [-0.39, 0.29) is 12.1 Å². The average molecular weight is 334 g/mol. The van der Waals surface area contributed by atoms with Gasteiger partial charge < -0.3 is 15.2 Å². The number of phenolic OH excluding ortho intramolecular Hbond substituents is 1. The van der Waals surface area contributed by atoms with Crippen LogP contribution in [0.2, 0.25) is 0 Å². The Morgan fingerprint density at radius 3 is 2.67 bits per heavy atom. The van der Waals surface area contributed by atoms with E-state index in [1.54, 1.807) is 0 Å². The smallest absolute Gasteiger partial charge is 0.407 e. The Hall–Kier alpha value is -1.75. The Kier molecular flexibility index (Phi) is 5.75. The largest absolute Gasteiger partial charge is 0.508 e. The van der Waals surface area contributed by atoms with Crippen LogP contribution in [0.4, 0.5) is 4.79 Å². The van der Waals surface area contributed by atoms with E-state index >= 15 is 0 Å². The first-order valence-electron chi connectivity index (χ1n) is 8.65. The molecule has 1 fully saturated rings. The third-order valence-electron chi connectivity index (χ3n) is 4.32. The fraction of sp³-hybridized carbons (Fsp3) is 0.632. The lowest BCUT2D eigenvalue weighted by molar-refractivity contribution is 0.0470. The monoisotopic (exact) mass is 334 g/mol. The number of ether oxygens (including phenoxy) is 1. The summed E-state index contributed by atoms with van der Waals surface area (Å²) in [5.74, 6) is 0.348. The standard InChI is InChI=1S/C19H30N2O3/c1-13-9-15(17(22)10-14(13)2)11-21-8-6-7-16(12-21)20-18(23)24-19(3,4)5/h9-10,16,22H,6-8,11-12H2,1-5H3,(H,20,23). The van der Waals surface area contributed by atoms with Crippen LogP contribution in [0, 0.1) is 13.8 Å². The highest BCUT2D eigenvalue weighted by molar-refractivity contribution is 5.68. The predicted molar refractivity (Wildman–Crippen MR) is 95.2 cm³/mol. The Bertz CT molecular complexity index is 593. The zero-order chi connectivity index (χ0) is 17.9. The van der Waals surface area contributed by atoms with E-state index in [0.717, 1.165) is 37.1 Å². The van der Waals surface area contributed by atoms with Gasteiger partial charge in [0.05, 0.1) is 0 Å². The number of nitrogens with zero attached hydrogens (tertiary/aromatic N) is 1. The van der Waals surface area contributed by atoms with Crippen LogP contribution in [-0.4, -0.2) is 40.8 Å². The van der Waals surface area contributed by atoms with Gasteiger partial charge in [0.2, 0.25) is 0 Å². The number of alkyl carbamates (subject to hydrolysis) is 1. The first-order chi connectivity index (χ1) is 11.1. The SMILES string of the molecule is Cc1cc(O)c(CN2CCCC(NC(=O)OC(C)(C)C)C2)cc1C. The number of phenols is 1. The highest BCUT2D eigenvalue weighted by Gasteiger charge is 2.24. The second-order valence-electron chi connectivity index (χ2n) is 7.79. The van der Waals surface area contributed by atoms with Gasteiger partial charge >= 0.3 is 6.09 Å². The Morgan fingerprint density at radius 1 is 1.33 bits per heavy atom. The number of aromatic hydroxyl groups is 1. The molecule has 1 heterocycles. The molecule has 5 nitrogen and oxygen atoms in total. The minimum Gasteiger partial charge on any atom is -0.508 e. The van der Waals surface area contributed by atoms with Crippen LogP contribution >= 0.6 is 0 Å². The van der Waals surface area contributed by atoms with Crippen molar-refractivity contribution in [1.82, 2.24) is 10.2 Å². The highest BCUT2D eigenvalue weighted by atomic mass is 16.6. The molecule has 0 spiro atoms. The van der Waals surface area contributed by atoms with Crippen LogP contribution < -0.4 is 5.32 Å². The first kappa shape index (κ1) is 18.6. The Morgan fingerprint density at radius 2 is 2.00 bits per heavy atom. The summed E-state index contributed by atoms with van der Waals surface area (Å²) in [6, 6.07) is 3.96. The molecular formula is C19H30N2O3. The zero-order valence-corrected chi connectivity index (χ0v) is 15.5. The van der Waals surface area contributed by atoms with Crippen molar-refractivity contribution in [3.63, 3.8) is 0 Å². The minimum absolute atomic E-state index is 0.0855. The minimum atomic E-state index is -0.482. The molecule has 1 amide bonds. The Labute approximate surface area is 145 Å². The highest BCUT2D eigenvalue weighted by Crippen LogP contribution is 2.24. The van der Waals surface area contributed by atoms with Gasteiger partial charge in [-0.1, -0.05) is 6.07 Å². The summed E-state index contributed by atoms with van der Waals surface area (Å²) in [7, 11) is 0. The molecule has 2 N–H and O–H groups in total. The van der Waals surface area contributed by atoms with Crippen molar-refractivity contribution >= 4 is 6.09 Å². The van der Waals surface area contributed by atoms with Crippen molar-refractivity contribution in [2.45, 2.75) is 65.6 Å². The van der Waals surface area contributed by atoms with E-state index in [0.29, 0.717) is 12.3 Å². The molecule has 1 unspecified atom stereocenters. The molecule has 24 heavy (non-hydrogen) atoms. The summed E-state index contributed by atoms with van der Waals surface area (Å²) in [4.78, 5) is 14.2. The van der Waals surface area contributed by atoms with Crippen LogP contribution in [0.5, 0.6) is 5.75 Å². The predicted octanol–water partition coefficient (Wildman–Crippen LogP) is 3.50. The average Bonchev–Trinajstić information content (AvgIpc) is 2.43. The lowest BCUT2D eigenvalue weighted by Crippen LogP contribution is -2.48. The molecule has 134 valence electrons. The first-order valence-corrected chi connectivity index (χ1v) is 8.65. The number of hydrogen-bond donors (Lipinski definition) is 2. The van der Waals surface area contributed by atoms with E-state index in [1.807, 2.05) is 33.8 Å². The summed E-state index contributed by atoms with van der Waals surface area (Å²) < 4.78 is 5.33. The van der Waals surface area contributed by atoms with Crippen molar-refractivity contribution in [3.05, 3.63) is 28.8 Å². The summed E-state index contributed by atoms with van der Waals surface area (Å²) >= 11 is 0. The van der Waals surface area contributed by atoms with Gasteiger partial charge in [0, 0.05) is 24.7 Å². The van der Waals surface area contributed by atoms with E-state index in [9.17, 15) is 9.90 Å². The number of benzene rings is 1. The number of piperidine rings is 1. The van der Waals surface area contributed by atoms with Gasteiger partial charge in [0.25, 0.3) is 0 Å². The van der Waals surface area contributed by atoms with Gasteiger partial charge in [-0.2, -0.15) is 0 Å². The van der Waals surface area contributed by atoms with E-state index in [1.165, 1.54) is 5.56 Å². The van der Waals surface area contributed by atoms with Gasteiger partial charge in [0.15, 0.2) is 0 Å². The maximum Gasteiger partial charge on any atom is 0.407 e. The molecule has 5 heteroatoms. The summed E-state index contributed by atoms with van der Waals surface area (Å²) in [5, 5.41) is 13.1. The molecule has 1 atom stereocenters. The second kappa shape index (κ2) is 7.43. The van der Waals surface area contributed by atoms with Gasteiger partial charge in [-0.3, -0.25) is 4.90 Å². The number of likely N-dealkylation sites (tertiary alicyclic amines) is 1. The van der Waals surface area contributed by atoms with Crippen LogP contribution in [0.25, 0.3) is 0 Å². The van der Waals surface area contributed by atoms with Gasteiger partial charge in [-0.15, -0.1) is 0 Å². The van der Waals surface area contributed by atoms with Crippen LogP contribution in [-0.2, 0) is 11.3 Å². The Balaban J connectivity index is 1.94. The molecule has 0 saturated carbocycles. The van der Waals surface area contributed by atoms with E-state index in [4.69, 9.17) is 4.74 Å². The molecule has 1 aliphatic heterocycles. The van der Waals surface area contributed by atoms with E-state index in [2.05, 4.69) is 23.2 Å². The van der Waals surface area contributed by atoms with Gasteiger partial charge in [0.1, 0.15) is 11.4 Å². The van der Waals surface area contributed by atoms with Crippen LogP contribution in [0.15, 0.2) is 12.1 Å². The van der Waals surface area contributed by atoms with E-state index < -0.39 is 5.60 Å². The topological polar surface area (TPSA) is 61.8 Å². The number of hydrogen-bond acceptors (Lipinski definition) is 4.